The maximum Gasteiger partial charge on any atom is 0.257 e. The summed E-state index contributed by atoms with van der Waals surface area (Å²) in [7, 11) is 0. The lowest BCUT2D eigenvalue weighted by atomic mass is 9.89. The topological polar surface area (TPSA) is 149 Å². The molecular weight excluding hydrogens is 700 g/mol. The molecule has 0 spiro atoms. The fourth-order valence-electron chi connectivity index (χ4n) is 7.49. The van der Waals surface area contributed by atoms with Crippen molar-refractivity contribution in [2.45, 2.75) is 122 Å². The molecule has 2 saturated heterocycles. The van der Waals surface area contributed by atoms with E-state index in [9.17, 15) is 0 Å². The first-order valence-electron chi connectivity index (χ1n) is 18.9. The fourth-order valence-corrected chi connectivity index (χ4v) is 7.65. The van der Waals surface area contributed by atoms with Gasteiger partial charge in [-0.2, -0.15) is 0 Å². The quantitative estimate of drug-likeness (QED) is 0.159. The predicted molar refractivity (Wildman–Crippen MR) is 198 cm³/mol. The van der Waals surface area contributed by atoms with Gasteiger partial charge in [-0.1, -0.05) is 17.7 Å². The van der Waals surface area contributed by atoms with E-state index in [1.54, 1.807) is 29.5 Å². The predicted octanol–water partition coefficient (Wildman–Crippen LogP) is 6.09. The molecule has 3 fully saturated rings. The molecule has 5 atom stereocenters. The van der Waals surface area contributed by atoms with Crippen LogP contribution in [0, 0.1) is 0 Å². The van der Waals surface area contributed by atoms with Crippen LogP contribution in [-0.4, -0.2) is 108 Å². The Kier molecular flexibility index (Phi) is 12.4. The number of nitrogens with zero attached hydrogens (tertiary/aromatic N) is 9. The van der Waals surface area contributed by atoms with E-state index in [1.165, 1.54) is 0 Å². The number of hydrogen-bond donors (Lipinski definition) is 1. The average Bonchev–Trinajstić information content (AvgIpc) is 3.82. The molecule has 3 aromatic heterocycles. The van der Waals surface area contributed by atoms with Gasteiger partial charge in [0.15, 0.2) is 6.29 Å². The van der Waals surface area contributed by atoms with Crippen molar-refractivity contribution in [3.05, 3.63) is 48.1 Å². The summed E-state index contributed by atoms with van der Waals surface area (Å²) < 4.78 is 34.0. The van der Waals surface area contributed by atoms with Gasteiger partial charge < -0.3 is 29.0 Å². The Bertz CT molecular complexity index is 1720. The Balaban J connectivity index is 1.02. The summed E-state index contributed by atoms with van der Waals surface area (Å²) in [6.45, 7) is 11.8. The highest BCUT2D eigenvalue weighted by Gasteiger charge is 2.32. The lowest BCUT2D eigenvalue weighted by molar-refractivity contribution is -0.189. The smallest absolute Gasteiger partial charge is 0.257 e. The summed E-state index contributed by atoms with van der Waals surface area (Å²) >= 11 is 6.49. The summed E-state index contributed by atoms with van der Waals surface area (Å²) in [6.07, 6.45) is 14.5. The number of aromatic nitrogens is 8. The van der Waals surface area contributed by atoms with Gasteiger partial charge in [0.1, 0.15) is 30.5 Å². The first-order valence-corrected chi connectivity index (χ1v) is 19.3. The monoisotopic (exact) mass is 750 g/mol. The molecule has 53 heavy (non-hydrogen) atoms. The summed E-state index contributed by atoms with van der Waals surface area (Å²) in [5, 5.41) is 20.1. The van der Waals surface area contributed by atoms with Crippen molar-refractivity contribution >= 4 is 23.2 Å². The molecule has 1 aliphatic carbocycles. The third-order valence-corrected chi connectivity index (χ3v) is 10.3. The van der Waals surface area contributed by atoms with Gasteiger partial charge in [-0.15, -0.1) is 10.2 Å². The molecule has 1 saturated carbocycles. The van der Waals surface area contributed by atoms with Gasteiger partial charge >= 0.3 is 0 Å². The van der Waals surface area contributed by atoms with Crippen LogP contribution in [0.4, 0.5) is 11.6 Å². The van der Waals surface area contributed by atoms with Gasteiger partial charge in [0, 0.05) is 43.7 Å². The number of morpholine rings is 1. The van der Waals surface area contributed by atoms with Crippen LogP contribution < -0.4 is 14.8 Å². The van der Waals surface area contributed by atoms with Crippen molar-refractivity contribution in [1.82, 2.24) is 44.9 Å². The van der Waals surface area contributed by atoms with Crippen molar-refractivity contribution in [3.8, 4) is 22.8 Å². The summed E-state index contributed by atoms with van der Waals surface area (Å²) in [5.74, 6) is 1.47. The average molecular weight is 751 g/mol. The summed E-state index contributed by atoms with van der Waals surface area (Å²) in [6, 6.07) is 6.45. The van der Waals surface area contributed by atoms with E-state index >= 15 is 0 Å². The minimum absolute atomic E-state index is 0.170. The Morgan fingerprint density at radius 3 is 2.45 bits per heavy atom. The van der Waals surface area contributed by atoms with Crippen LogP contribution in [0.25, 0.3) is 11.1 Å². The maximum atomic E-state index is 6.49. The third-order valence-electron chi connectivity index (χ3n) is 10.0. The molecule has 0 unspecified atom stereocenters. The summed E-state index contributed by atoms with van der Waals surface area (Å²) in [5.41, 5.74) is 2.39. The number of benzene rings is 1. The zero-order valence-corrected chi connectivity index (χ0v) is 31.8. The highest BCUT2D eigenvalue weighted by molar-refractivity contribution is 6.32. The van der Waals surface area contributed by atoms with Crippen LogP contribution in [0.5, 0.6) is 11.6 Å². The minimum atomic E-state index is -0.214. The van der Waals surface area contributed by atoms with E-state index < -0.39 is 0 Å². The highest BCUT2D eigenvalue weighted by atomic mass is 35.5. The van der Waals surface area contributed by atoms with Crippen LogP contribution in [0.3, 0.4) is 0 Å². The van der Waals surface area contributed by atoms with E-state index in [0.29, 0.717) is 47.5 Å². The largest absolute Gasteiger partial charge is 0.487 e. The minimum Gasteiger partial charge on any atom is -0.487 e. The lowest BCUT2D eigenvalue weighted by Gasteiger charge is -2.42. The molecule has 7 rings (SSSR count). The van der Waals surface area contributed by atoms with E-state index in [0.717, 1.165) is 75.8 Å². The number of tetrazole rings is 1. The van der Waals surface area contributed by atoms with E-state index in [1.807, 2.05) is 32.2 Å². The van der Waals surface area contributed by atoms with Crippen molar-refractivity contribution in [2.75, 3.05) is 31.6 Å². The third kappa shape index (κ3) is 10.0. The number of anilines is 2. The van der Waals surface area contributed by atoms with Crippen LogP contribution in [-0.2, 0) is 20.8 Å². The molecule has 16 heteroatoms. The van der Waals surface area contributed by atoms with Gasteiger partial charge in [0.05, 0.1) is 42.1 Å². The Morgan fingerprint density at radius 2 is 1.74 bits per heavy atom. The SMILES string of the molecule is C[C@H](COc1nn(C2CCC(N3C[C@@H](C)O[C@@H](C)C3)CC2)cc1Nc1ncc(-c2ccc(Cl)c(O[C@@H](C)Cn3cnnn3)c2)cn1)O[C@@H]1CCCCO1. The molecule has 0 radical (unpaired) electrons. The number of rotatable bonds is 14. The normalized spacial score (nSPS) is 25.1. The molecule has 1 aromatic carbocycles. The number of hydrogen-bond acceptors (Lipinski definition) is 13. The Labute approximate surface area is 315 Å². The molecule has 1 N–H and O–H groups in total. The molecule has 2 aliphatic heterocycles. The molecule has 0 bridgehead atoms. The van der Waals surface area contributed by atoms with Gasteiger partial charge in [0.2, 0.25) is 5.95 Å². The molecule has 15 nitrogen and oxygen atoms in total. The van der Waals surface area contributed by atoms with Crippen molar-refractivity contribution in [1.29, 1.82) is 0 Å². The fraction of sp³-hybridized carbons (Fsp3) is 0.622. The Hall–Kier alpha value is -3.89. The molecular formula is C37H51ClN10O5. The van der Waals surface area contributed by atoms with E-state index in [4.69, 9.17) is 40.4 Å². The van der Waals surface area contributed by atoms with E-state index in [2.05, 4.69) is 54.2 Å². The molecule has 5 heterocycles. The van der Waals surface area contributed by atoms with Gasteiger partial charge in [-0.05, 0) is 101 Å². The van der Waals surface area contributed by atoms with Crippen molar-refractivity contribution < 1.29 is 23.7 Å². The second-order valence-corrected chi connectivity index (χ2v) is 15.0. The molecule has 3 aliphatic rings. The first kappa shape index (κ1) is 37.4. The van der Waals surface area contributed by atoms with Crippen LogP contribution in [0.1, 0.15) is 78.7 Å². The number of ether oxygens (including phenoxy) is 5. The number of halogens is 1. The van der Waals surface area contributed by atoms with Gasteiger partial charge in [0.25, 0.3) is 5.88 Å². The van der Waals surface area contributed by atoms with Crippen LogP contribution in [0.2, 0.25) is 5.02 Å². The number of nitrogens with one attached hydrogen (secondary N) is 1. The van der Waals surface area contributed by atoms with Crippen molar-refractivity contribution in [3.63, 3.8) is 0 Å². The molecule has 0 amide bonds. The van der Waals surface area contributed by atoms with Gasteiger partial charge in [-0.3, -0.25) is 9.58 Å². The standard InChI is InChI=1S/C37H51ClN10O5/c1-24-18-46(19-25(2)51-24)30-9-11-31(12-10-30)48-21-33(36(43-48)50-22-27(4)53-35-7-5-6-14-49-35)42-37-39-16-29(17-40-37)28-8-13-32(38)34(15-28)52-26(3)20-47-23-41-44-45-47/h8,13,15-17,21,23-27,30-31,35H,5-7,9-12,14,18-20,22H2,1-4H3,(H,39,40,42)/t24-,25+,26-,27+,30?,31?,35+/m0/s1. The van der Waals surface area contributed by atoms with Crippen LogP contribution >= 0.6 is 11.6 Å². The van der Waals surface area contributed by atoms with Crippen molar-refractivity contribution in [2.24, 2.45) is 0 Å². The lowest BCUT2D eigenvalue weighted by Crippen LogP contribution is -2.51. The van der Waals surface area contributed by atoms with Crippen LogP contribution in [0.15, 0.2) is 43.1 Å². The summed E-state index contributed by atoms with van der Waals surface area (Å²) in [4.78, 5) is 11.9. The highest BCUT2D eigenvalue weighted by Crippen LogP contribution is 2.36. The molecule has 4 aromatic rings. The second-order valence-electron chi connectivity index (χ2n) is 14.6. The van der Waals surface area contributed by atoms with Gasteiger partial charge in [-0.25, -0.2) is 14.6 Å². The Morgan fingerprint density at radius 1 is 0.962 bits per heavy atom. The maximum absolute atomic E-state index is 6.49. The first-order chi connectivity index (χ1) is 25.8. The van der Waals surface area contributed by atoms with E-state index in [-0.39, 0.29) is 36.7 Å². The second kappa shape index (κ2) is 17.5. The zero-order valence-electron chi connectivity index (χ0n) is 31.0. The zero-order chi connectivity index (χ0) is 36.7. The molecule has 286 valence electrons.